The number of amides is 9. The average molecular weight is 1890 g/mol. The van der Waals surface area contributed by atoms with Gasteiger partial charge in [0.25, 0.3) is 0 Å². The van der Waals surface area contributed by atoms with Crippen molar-refractivity contribution in [3.05, 3.63) is 437 Å². The smallest absolute Gasteiger partial charge is 0.335 e. The summed E-state index contributed by atoms with van der Waals surface area (Å²) >= 11 is 0. The van der Waals surface area contributed by atoms with E-state index < -0.39 is 78.1 Å². The number of likely N-dealkylation sites (tertiary alicyclic amines) is 4. The Morgan fingerprint density at radius 2 is 0.525 bits per heavy atom. The molecule has 29 heteroatoms. The van der Waals surface area contributed by atoms with Crippen molar-refractivity contribution in [1.29, 1.82) is 0 Å². The summed E-state index contributed by atoms with van der Waals surface area (Å²) in [6, 6.07) is 102. The first kappa shape index (κ1) is 97.9. The van der Waals surface area contributed by atoms with Crippen molar-refractivity contribution in [2.75, 3.05) is 22.9 Å². The molecule has 29 nitrogen and oxygen atoms in total. The van der Waals surface area contributed by atoms with Crippen LogP contribution in [0, 0.1) is 23.7 Å². The monoisotopic (exact) mass is 1890 g/mol. The number of benzene rings is 10. The van der Waals surface area contributed by atoms with E-state index in [1.807, 2.05) is 256 Å². The fraction of sp³-hybridized carbons (Fsp3) is 0.188. The SMILES string of the molecule is C[C@@H](CC(=O)N1C(=O)[C@H](Cc2ccnc(N)c2)[C@H]1Oc1ccc(C(=O)O)cc1)c1ccccc1.NC(=O)[C@@H]1[C@@H](Cc2ccnc(N)c2)C(=O)N1C(=O)CC(c1ccccc1)c1ccccc1.Nc1cc(C[C@H]2C(=O)N(C(=O)CC(c3ccccc3)c3ccccc3)[C@@H]2Oc2ccc(C(=O)O)cc2)ccn1.Nc1cc(C[C@H]2C(=O)N(C(=O)CC(c3ccccc3)c3ccccc3)[C@@H]2Oc2ccccc2)ccn1. The molecule has 14 aromatic rings. The van der Waals surface area contributed by atoms with Crippen LogP contribution >= 0.6 is 0 Å². The van der Waals surface area contributed by atoms with Gasteiger partial charge in [-0.3, -0.25) is 48.1 Å². The molecule has 4 aliphatic rings. The van der Waals surface area contributed by atoms with Gasteiger partial charge in [-0.25, -0.2) is 44.2 Å². The molecule has 4 aliphatic heterocycles. The lowest BCUT2D eigenvalue weighted by molar-refractivity contribution is -0.185. The predicted molar refractivity (Wildman–Crippen MR) is 528 cm³/mol. The number of nitrogens with two attached hydrogens (primary N) is 5. The van der Waals surface area contributed by atoms with Gasteiger partial charge in [0.15, 0.2) is 18.7 Å². The van der Waals surface area contributed by atoms with Gasteiger partial charge in [-0.15, -0.1) is 0 Å². The molecule has 0 bridgehead atoms. The van der Waals surface area contributed by atoms with E-state index in [4.69, 9.17) is 48.0 Å². The molecule has 18 rings (SSSR count). The van der Waals surface area contributed by atoms with Gasteiger partial charge >= 0.3 is 11.9 Å². The Morgan fingerprint density at radius 1 is 0.298 bits per heavy atom. The maximum atomic E-state index is 13.7. The van der Waals surface area contributed by atoms with Crippen molar-refractivity contribution in [3.8, 4) is 17.2 Å². The summed E-state index contributed by atoms with van der Waals surface area (Å²) in [7, 11) is 0. The Kier molecular flexibility index (Phi) is 31.8. The molecule has 8 heterocycles. The summed E-state index contributed by atoms with van der Waals surface area (Å²) in [6.45, 7) is 1.94. The van der Waals surface area contributed by atoms with Gasteiger partial charge in [0.2, 0.25) is 53.2 Å². The van der Waals surface area contributed by atoms with Gasteiger partial charge < -0.3 is 53.1 Å². The molecule has 4 fully saturated rings. The van der Waals surface area contributed by atoms with E-state index in [-0.39, 0.29) is 102 Å². The molecule has 0 radical (unpaired) electrons. The van der Waals surface area contributed by atoms with E-state index in [0.29, 0.717) is 59.8 Å². The summed E-state index contributed by atoms with van der Waals surface area (Å²) in [5, 5.41) is 18.3. The van der Waals surface area contributed by atoms with Crippen molar-refractivity contribution < 1.29 is 77.2 Å². The van der Waals surface area contributed by atoms with Gasteiger partial charge in [-0.2, -0.15) is 0 Å². The summed E-state index contributed by atoms with van der Waals surface area (Å²) in [5.41, 5.74) is 39.1. The first-order valence-corrected chi connectivity index (χ1v) is 45.9. The first-order chi connectivity index (χ1) is 68.3. The Balaban J connectivity index is 0.000000142. The minimum Gasteiger partial charge on any atom is -0.478 e. The van der Waals surface area contributed by atoms with Crippen molar-refractivity contribution in [3.63, 3.8) is 0 Å². The fourth-order valence-electron chi connectivity index (χ4n) is 17.9. The number of hydrogen-bond donors (Lipinski definition) is 7. The van der Waals surface area contributed by atoms with E-state index in [0.717, 1.165) is 66.1 Å². The van der Waals surface area contributed by atoms with Gasteiger partial charge in [-0.1, -0.05) is 237 Å². The first-order valence-electron chi connectivity index (χ1n) is 45.9. The maximum absolute atomic E-state index is 13.7. The van der Waals surface area contributed by atoms with Crippen LogP contribution in [-0.4, -0.2) is 140 Å². The number of carbonyl (C=O) groups is 11. The molecular weight excluding hydrogens is 1780 g/mol. The van der Waals surface area contributed by atoms with Crippen LogP contribution in [0.2, 0.25) is 0 Å². The van der Waals surface area contributed by atoms with E-state index in [9.17, 15) is 57.8 Å². The van der Waals surface area contributed by atoms with Gasteiger partial charge in [-0.05, 0) is 202 Å². The standard InChI is InChI=1S/C31H27N3O5.C30H27N3O3.C26H25N3O5.C25H24N4O3/c32-27-18-20(15-16-33-27)17-26-29(36)34(30(26)39-24-13-11-23(12-14-24)31(37)38)28(35)19-25(21-7-3-1-4-8-21)22-9-5-2-6-10-22;31-27-19-21(16-17-32-27)18-26-29(35)33(30(26)36-24-14-8-3-9-15-24)28(34)20-25(22-10-4-1-5-11-22)23-12-6-2-7-13-23;1-16(18-5-3-2-4-6-18)13-23(30)29-24(31)21(14-17-11-12-28-22(27)15-17)25(29)34-20-9-7-19(8-10-20)26(32)33;26-21-14-16(11-12-28-21)13-20-23(24(27)31)29(25(20)32)22(30)15-19(17-7-3-1-4-8-17)18-9-5-2-6-10-18/h1-16,18,25-26,30H,17,19H2,(H2,32,33)(H,37,38);1-17,19,25-26,30H,18,20H2,(H2,31,32);2-12,15-16,21,25H,13-14H2,1H3,(H2,27,28)(H,32,33);1-12,14,19-20,23H,13,15H2,(H2,26,28)(H2,27,31)/t2*26-,30+;16-,21-,25+;20-,23+/m0001/s1. The number of anilines is 4. The molecule has 9 atom stereocenters. The molecule has 712 valence electrons. The second-order valence-corrected chi connectivity index (χ2v) is 34.6. The largest absolute Gasteiger partial charge is 0.478 e. The molecule has 0 aliphatic carbocycles. The summed E-state index contributed by atoms with van der Waals surface area (Å²) in [4.78, 5) is 162. The third-order valence-electron chi connectivity index (χ3n) is 25.2. The van der Waals surface area contributed by atoms with E-state index >= 15 is 0 Å². The second-order valence-electron chi connectivity index (χ2n) is 34.6. The number of primary amides is 1. The number of carboxylic acids is 2. The number of β-lactam (4-membered cyclic amide) rings is 4. The molecule has 141 heavy (non-hydrogen) atoms. The minimum absolute atomic E-state index is 0.0540. The lowest BCUT2D eigenvalue weighted by atomic mass is 9.80. The van der Waals surface area contributed by atoms with Crippen LogP contribution in [0.5, 0.6) is 17.2 Å². The topological polar surface area (TPSA) is 451 Å². The van der Waals surface area contributed by atoms with Crippen LogP contribution in [0.4, 0.5) is 23.3 Å². The van der Waals surface area contributed by atoms with Crippen LogP contribution in [0.1, 0.15) is 138 Å². The number of carboxylic acid groups (broad SMARTS) is 2. The second kappa shape index (κ2) is 45.8. The third-order valence-corrected chi connectivity index (χ3v) is 25.2. The van der Waals surface area contributed by atoms with Gasteiger partial charge in [0.1, 0.15) is 46.6 Å². The zero-order valence-corrected chi connectivity index (χ0v) is 76.8. The number of rotatable bonds is 32. The summed E-state index contributed by atoms with van der Waals surface area (Å²) in [5.74, 6) is -5.84. The maximum Gasteiger partial charge on any atom is 0.335 e. The highest BCUT2D eigenvalue weighted by Crippen LogP contribution is 2.42. The third kappa shape index (κ3) is 24.3. The number of aromatic nitrogens is 4. The molecule has 10 aromatic carbocycles. The van der Waals surface area contributed by atoms with Crippen LogP contribution in [0.3, 0.4) is 0 Å². The molecule has 12 N–H and O–H groups in total. The fourth-order valence-corrected chi connectivity index (χ4v) is 17.9. The highest BCUT2D eigenvalue weighted by atomic mass is 16.5. The van der Waals surface area contributed by atoms with Crippen LogP contribution < -0.4 is 42.9 Å². The van der Waals surface area contributed by atoms with E-state index in [1.165, 1.54) is 63.2 Å². The molecule has 0 spiro atoms. The zero-order valence-electron chi connectivity index (χ0n) is 76.8. The highest BCUT2D eigenvalue weighted by Gasteiger charge is 2.57. The van der Waals surface area contributed by atoms with Crippen LogP contribution in [-0.2, 0) is 68.8 Å². The number of nitrogens with zero attached hydrogens (tertiary/aromatic N) is 8. The number of nitrogen functional groups attached to an aromatic ring is 4. The van der Waals surface area contributed by atoms with Crippen molar-refractivity contribution in [2.24, 2.45) is 29.4 Å². The number of imide groups is 4. The van der Waals surface area contributed by atoms with Gasteiger partial charge in [0.05, 0.1) is 34.8 Å². The van der Waals surface area contributed by atoms with E-state index in [2.05, 4.69) is 19.9 Å². The number of hydrogen-bond acceptors (Lipinski definition) is 22. The number of para-hydroxylation sites is 1. The lowest BCUT2D eigenvalue weighted by Crippen LogP contribution is -2.68. The number of carbonyl (C=O) groups excluding carboxylic acids is 9. The Morgan fingerprint density at radius 3 is 0.780 bits per heavy atom. The minimum atomic E-state index is -1.06. The summed E-state index contributed by atoms with van der Waals surface area (Å²) < 4.78 is 18.4. The normalized spacial score (nSPS) is 17.3. The lowest BCUT2D eigenvalue weighted by Gasteiger charge is -2.45. The molecular formula is C112H103N13O16. The Bertz CT molecular complexity index is 6640. The molecule has 9 amide bonds. The van der Waals surface area contributed by atoms with Gasteiger partial charge in [0, 0.05) is 68.2 Å². The Hall–Kier alpha value is -17.6. The molecule has 4 aromatic heterocycles. The number of ether oxygens (including phenoxy) is 3. The molecule has 4 saturated heterocycles. The summed E-state index contributed by atoms with van der Waals surface area (Å²) in [6.07, 6.45) is 5.70. The highest BCUT2D eigenvalue weighted by molar-refractivity contribution is 6.09. The molecule has 0 saturated carbocycles. The Labute approximate surface area is 813 Å². The average Bonchev–Trinajstić information content (AvgIpc) is 0.765. The number of pyridine rings is 4. The quantitative estimate of drug-likeness (QED) is 0.0193. The molecule has 0 unspecified atom stereocenters. The van der Waals surface area contributed by atoms with Crippen LogP contribution in [0.15, 0.2) is 365 Å². The van der Waals surface area contributed by atoms with E-state index in [1.54, 1.807) is 67.3 Å². The zero-order chi connectivity index (χ0) is 99.2. The van der Waals surface area contributed by atoms with Crippen molar-refractivity contribution in [1.82, 2.24) is 39.5 Å². The van der Waals surface area contributed by atoms with Crippen LogP contribution in [0.25, 0.3) is 0 Å². The number of aromatic carboxylic acids is 2. The predicted octanol–water partition coefficient (Wildman–Crippen LogP) is 15.1. The van der Waals surface area contributed by atoms with Crippen molar-refractivity contribution >= 4 is 88.4 Å². The van der Waals surface area contributed by atoms with Crippen molar-refractivity contribution in [2.45, 2.75) is 107 Å².